The molecule has 0 spiro atoms. The number of benzene rings is 3. The van der Waals surface area contributed by atoms with E-state index in [0.717, 1.165) is 5.75 Å². The van der Waals surface area contributed by atoms with Gasteiger partial charge < -0.3 is 4.74 Å². The van der Waals surface area contributed by atoms with E-state index in [-0.39, 0.29) is 0 Å². The van der Waals surface area contributed by atoms with Crippen molar-refractivity contribution in [3.8, 4) is 5.75 Å². The van der Waals surface area contributed by atoms with Crippen molar-refractivity contribution in [3.05, 3.63) is 76.9 Å². The maximum Gasteiger partial charge on any atom is 0.123 e. The Morgan fingerprint density at radius 3 is 2.26 bits per heavy atom. The van der Waals surface area contributed by atoms with Crippen molar-refractivity contribution in [2.24, 2.45) is 0 Å². The van der Waals surface area contributed by atoms with Gasteiger partial charge in [-0.3, -0.25) is 0 Å². The third kappa shape index (κ3) is 3.24. The van der Waals surface area contributed by atoms with Gasteiger partial charge in [0.1, 0.15) is 12.4 Å². The number of hydrogen-bond acceptors (Lipinski definition) is 1. The summed E-state index contributed by atoms with van der Waals surface area (Å²) in [5, 5.41) is 2.65. The first-order valence-electron chi connectivity index (χ1n) is 8.27. The molecular weight excluding hydrogens is 280 g/mol. The SMILES string of the molecule is Cc1cc2c(C(C)C)ccc(C)c2cc1OCc1ccccc1. The third-order valence-electron chi connectivity index (χ3n) is 4.42. The fraction of sp³-hybridized carbons (Fsp3) is 0.273. The summed E-state index contributed by atoms with van der Waals surface area (Å²) in [4.78, 5) is 0. The van der Waals surface area contributed by atoms with Crippen LogP contribution in [0.2, 0.25) is 0 Å². The molecule has 23 heavy (non-hydrogen) atoms. The van der Waals surface area contributed by atoms with E-state index in [4.69, 9.17) is 4.74 Å². The molecule has 0 aliphatic rings. The van der Waals surface area contributed by atoms with E-state index >= 15 is 0 Å². The summed E-state index contributed by atoms with van der Waals surface area (Å²) in [6.45, 7) is 9.41. The van der Waals surface area contributed by atoms with E-state index < -0.39 is 0 Å². The van der Waals surface area contributed by atoms with Gasteiger partial charge in [-0.2, -0.15) is 0 Å². The predicted octanol–water partition coefficient (Wildman–Crippen LogP) is 6.16. The average molecular weight is 304 g/mol. The summed E-state index contributed by atoms with van der Waals surface area (Å²) in [5.41, 5.74) is 5.10. The van der Waals surface area contributed by atoms with Crippen molar-refractivity contribution < 1.29 is 4.74 Å². The van der Waals surface area contributed by atoms with Crippen molar-refractivity contribution >= 4 is 10.8 Å². The topological polar surface area (TPSA) is 9.23 Å². The highest BCUT2D eigenvalue weighted by Crippen LogP contribution is 2.33. The van der Waals surface area contributed by atoms with E-state index in [0.29, 0.717) is 12.5 Å². The van der Waals surface area contributed by atoms with E-state index in [1.54, 1.807) is 0 Å². The van der Waals surface area contributed by atoms with Crippen LogP contribution >= 0.6 is 0 Å². The van der Waals surface area contributed by atoms with E-state index in [1.807, 2.05) is 18.2 Å². The van der Waals surface area contributed by atoms with Crippen LogP contribution < -0.4 is 4.74 Å². The molecule has 0 radical (unpaired) electrons. The molecule has 1 nitrogen and oxygen atoms in total. The largest absolute Gasteiger partial charge is 0.489 e. The Morgan fingerprint density at radius 1 is 0.826 bits per heavy atom. The molecule has 0 atom stereocenters. The molecule has 3 aromatic carbocycles. The fourth-order valence-corrected chi connectivity index (χ4v) is 3.04. The lowest BCUT2D eigenvalue weighted by molar-refractivity contribution is 0.304. The first kappa shape index (κ1) is 15.6. The summed E-state index contributed by atoms with van der Waals surface area (Å²) in [6, 6.07) is 19.3. The van der Waals surface area contributed by atoms with Gasteiger partial charge >= 0.3 is 0 Å². The molecule has 3 aromatic rings. The molecule has 0 amide bonds. The number of fused-ring (bicyclic) bond motifs is 1. The van der Waals surface area contributed by atoms with Gasteiger partial charge in [-0.1, -0.05) is 56.3 Å². The van der Waals surface area contributed by atoms with Crippen LogP contribution in [-0.2, 0) is 6.61 Å². The lowest BCUT2D eigenvalue weighted by Gasteiger charge is -2.16. The zero-order chi connectivity index (χ0) is 16.4. The molecule has 118 valence electrons. The van der Waals surface area contributed by atoms with Crippen molar-refractivity contribution in [1.82, 2.24) is 0 Å². The van der Waals surface area contributed by atoms with E-state index in [2.05, 4.69) is 64.1 Å². The van der Waals surface area contributed by atoms with Crippen LogP contribution in [0.5, 0.6) is 5.75 Å². The highest BCUT2D eigenvalue weighted by Gasteiger charge is 2.10. The second-order valence-electron chi connectivity index (χ2n) is 6.56. The van der Waals surface area contributed by atoms with Gasteiger partial charge in [0.05, 0.1) is 0 Å². The van der Waals surface area contributed by atoms with Gasteiger partial charge in [-0.05, 0) is 64.9 Å². The zero-order valence-electron chi connectivity index (χ0n) is 14.4. The van der Waals surface area contributed by atoms with Crippen LogP contribution in [0.15, 0.2) is 54.6 Å². The molecule has 0 saturated heterocycles. The normalized spacial score (nSPS) is 11.2. The van der Waals surface area contributed by atoms with Crippen LogP contribution in [0.25, 0.3) is 10.8 Å². The third-order valence-corrected chi connectivity index (χ3v) is 4.42. The average Bonchev–Trinajstić information content (AvgIpc) is 2.54. The van der Waals surface area contributed by atoms with Crippen molar-refractivity contribution in [3.63, 3.8) is 0 Å². The highest BCUT2D eigenvalue weighted by molar-refractivity contribution is 5.91. The minimum atomic E-state index is 0.522. The van der Waals surface area contributed by atoms with Crippen molar-refractivity contribution in [2.75, 3.05) is 0 Å². The van der Waals surface area contributed by atoms with Crippen LogP contribution in [-0.4, -0.2) is 0 Å². The Balaban J connectivity index is 1.99. The molecule has 0 unspecified atom stereocenters. The lowest BCUT2D eigenvalue weighted by atomic mass is 9.92. The monoisotopic (exact) mass is 304 g/mol. The van der Waals surface area contributed by atoms with Crippen molar-refractivity contribution in [1.29, 1.82) is 0 Å². The molecule has 0 N–H and O–H groups in total. The fourth-order valence-electron chi connectivity index (χ4n) is 3.04. The molecule has 0 aromatic heterocycles. The first-order valence-corrected chi connectivity index (χ1v) is 8.27. The summed E-state index contributed by atoms with van der Waals surface area (Å²) >= 11 is 0. The molecule has 0 heterocycles. The Hall–Kier alpha value is -2.28. The van der Waals surface area contributed by atoms with Gasteiger partial charge in [0.25, 0.3) is 0 Å². The minimum Gasteiger partial charge on any atom is -0.489 e. The zero-order valence-corrected chi connectivity index (χ0v) is 14.4. The number of ether oxygens (including phenoxy) is 1. The van der Waals surface area contributed by atoms with Crippen LogP contribution in [0, 0.1) is 13.8 Å². The van der Waals surface area contributed by atoms with E-state index in [9.17, 15) is 0 Å². The van der Waals surface area contributed by atoms with Gasteiger partial charge in [-0.15, -0.1) is 0 Å². The molecule has 0 fully saturated rings. The maximum absolute atomic E-state index is 6.09. The molecule has 0 saturated carbocycles. The number of aryl methyl sites for hydroxylation is 2. The molecule has 0 aliphatic carbocycles. The lowest BCUT2D eigenvalue weighted by Crippen LogP contribution is -1.98. The van der Waals surface area contributed by atoms with Gasteiger partial charge in [0, 0.05) is 0 Å². The van der Waals surface area contributed by atoms with Crippen LogP contribution in [0.3, 0.4) is 0 Å². The molecule has 0 aliphatic heterocycles. The Bertz CT molecular complexity index is 816. The van der Waals surface area contributed by atoms with Crippen molar-refractivity contribution in [2.45, 2.75) is 40.2 Å². The van der Waals surface area contributed by atoms with E-state index in [1.165, 1.54) is 33.0 Å². The van der Waals surface area contributed by atoms with Crippen LogP contribution in [0.4, 0.5) is 0 Å². The number of hydrogen-bond donors (Lipinski definition) is 0. The molecule has 1 heteroatoms. The second kappa shape index (κ2) is 6.45. The first-order chi connectivity index (χ1) is 11.1. The standard InChI is InChI=1S/C22H24O/c1-15(2)19-11-10-16(3)20-13-22(17(4)12-21(19)20)23-14-18-8-6-5-7-9-18/h5-13,15H,14H2,1-4H3. The smallest absolute Gasteiger partial charge is 0.123 e. The molecule has 0 bridgehead atoms. The predicted molar refractivity (Wildman–Crippen MR) is 98.3 cm³/mol. The molecular formula is C22H24O. The van der Waals surface area contributed by atoms with Gasteiger partial charge in [0.15, 0.2) is 0 Å². The second-order valence-corrected chi connectivity index (χ2v) is 6.56. The Kier molecular flexibility index (Phi) is 4.38. The minimum absolute atomic E-state index is 0.522. The van der Waals surface area contributed by atoms with Gasteiger partial charge in [-0.25, -0.2) is 0 Å². The molecule has 3 rings (SSSR count). The summed E-state index contributed by atoms with van der Waals surface area (Å²) in [6.07, 6.45) is 0. The summed E-state index contributed by atoms with van der Waals surface area (Å²) in [7, 11) is 0. The highest BCUT2D eigenvalue weighted by atomic mass is 16.5. The summed E-state index contributed by atoms with van der Waals surface area (Å²) in [5.74, 6) is 1.50. The summed E-state index contributed by atoms with van der Waals surface area (Å²) < 4.78 is 6.09. The Morgan fingerprint density at radius 2 is 1.57 bits per heavy atom. The quantitative estimate of drug-likeness (QED) is 0.561. The Labute approximate surface area is 138 Å². The van der Waals surface area contributed by atoms with Gasteiger partial charge in [0.2, 0.25) is 0 Å². The number of rotatable bonds is 4. The van der Waals surface area contributed by atoms with Crippen LogP contribution in [0.1, 0.15) is 42.0 Å². The maximum atomic E-state index is 6.09.